The van der Waals surface area contributed by atoms with Crippen LogP contribution in [0.15, 0.2) is 11.6 Å². The van der Waals surface area contributed by atoms with Crippen molar-refractivity contribution in [3.05, 3.63) is 11.6 Å². The zero-order valence-electron chi connectivity index (χ0n) is 16.7. The molecule has 0 saturated heterocycles. The summed E-state index contributed by atoms with van der Waals surface area (Å²) in [6.45, 7) is 5.86. The van der Waals surface area contributed by atoms with Gasteiger partial charge in [0.1, 0.15) is 6.10 Å². The van der Waals surface area contributed by atoms with Crippen molar-refractivity contribution in [2.24, 2.45) is 28.6 Å². The Kier molecular flexibility index (Phi) is 4.29. The van der Waals surface area contributed by atoms with E-state index >= 15 is 0 Å². The third-order valence-corrected chi connectivity index (χ3v) is 8.81. The molecule has 0 aromatic heterocycles. The minimum atomic E-state index is -1.39. The smallest absolute Gasteiger partial charge is 0.303 e. The van der Waals surface area contributed by atoms with Crippen LogP contribution in [-0.4, -0.2) is 34.0 Å². The average Bonchev–Trinajstić information content (AvgIpc) is 2.83. The number of ether oxygens (including phenoxy) is 1. The molecule has 2 N–H and O–H groups in total. The van der Waals surface area contributed by atoms with E-state index < -0.39 is 17.1 Å². The van der Waals surface area contributed by atoms with Crippen molar-refractivity contribution in [2.45, 2.75) is 83.5 Å². The Morgan fingerprint density at radius 1 is 1.26 bits per heavy atom. The topological polar surface area (TPSA) is 66.8 Å². The highest BCUT2D eigenvalue weighted by Crippen LogP contribution is 2.67. The fourth-order valence-electron chi connectivity index (χ4n) is 7.30. The highest BCUT2D eigenvalue weighted by atomic mass is 16.6. The van der Waals surface area contributed by atoms with E-state index in [1.807, 2.05) is 0 Å². The van der Waals surface area contributed by atoms with E-state index in [-0.39, 0.29) is 23.4 Å². The average molecular weight is 373 g/mol. The first-order chi connectivity index (χ1) is 12.7. The summed E-state index contributed by atoms with van der Waals surface area (Å²) in [5.41, 5.74) is -0.256. The lowest BCUT2D eigenvalue weighted by Gasteiger charge is -2.58. The Balaban J connectivity index is 1.70. The predicted octanol–water partition coefficient (Wildman–Crippen LogP) is 3.22. The lowest BCUT2D eigenvalue weighted by molar-refractivity contribution is -0.163. The van der Waals surface area contributed by atoms with E-state index in [4.69, 9.17) is 11.2 Å². The lowest BCUT2D eigenvalue weighted by Crippen LogP contribution is -2.56. The Morgan fingerprint density at radius 3 is 2.67 bits per heavy atom. The number of esters is 1. The van der Waals surface area contributed by atoms with E-state index in [9.17, 15) is 15.0 Å². The van der Waals surface area contributed by atoms with Crippen LogP contribution in [0.1, 0.15) is 65.7 Å². The molecule has 27 heavy (non-hydrogen) atoms. The van der Waals surface area contributed by atoms with Crippen molar-refractivity contribution >= 4 is 5.97 Å². The maximum Gasteiger partial charge on any atom is 0.303 e. The Labute approximate surface area is 162 Å². The maximum atomic E-state index is 11.6. The lowest BCUT2D eigenvalue weighted by atomic mass is 9.46. The van der Waals surface area contributed by atoms with Gasteiger partial charge in [-0.1, -0.05) is 31.4 Å². The number of rotatable bonds is 1. The number of hydrogen-bond acceptors (Lipinski definition) is 4. The molecule has 4 heteroatoms. The second kappa shape index (κ2) is 6.09. The van der Waals surface area contributed by atoms with Crippen molar-refractivity contribution in [1.29, 1.82) is 0 Å². The molecule has 0 radical (unpaired) electrons. The first-order valence-corrected chi connectivity index (χ1v) is 10.4. The van der Waals surface area contributed by atoms with Crippen LogP contribution in [0.5, 0.6) is 0 Å². The molecule has 8 atom stereocenters. The number of hydrogen-bond donors (Lipinski definition) is 2. The molecule has 4 nitrogen and oxygen atoms in total. The standard InChI is InChI=1S/C23H32O4/c1-5-23(26)20(27-14(2)24)13-19-17-7-6-15-12-16(25)8-10-21(15,3)18(17)9-11-22(19,23)4/h1,12,16-20,25-26H,6-11,13H2,2-4H3/t16?,17-,18-,19+,20?,21+,22+,23?/m1/s1. The second-order valence-corrected chi connectivity index (χ2v) is 9.83. The van der Waals surface area contributed by atoms with Gasteiger partial charge in [0.25, 0.3) is 0 Å². The molecule has 0 amide bonds. The fourth-order valence-corrected chi connectivity index (χ4v) is 7.30. The van der Waals surface area contributed by atoms with E-state index in [1.54, 1.807) is 0 Å². The highest BCUT2D eigenvalue weighted by molar-refractivity contribution is 5.66. The summed E-state index contributed by atoms with van der Waals surface area (Å²) >= 11 is 0. The van der Waals surface area contributed by atoms with E-state index in [2.05, 4.69) is 25.8 Å². The van der Waals surface area contributed by atoms with Gasteiger partial charge in [-0.15, -0.1) is 6.42 Å². The molecule has 4 aliphatic carbocycles. The number of carbonyl (C=O) groups is 1. The van der Waals surface area contributed by atoms with Crippen molar-refractivity contribution in [1.82, 2.24) is 0 Å². The fraction of sp³-hybridized carbons (Fsp3) is 0.783. The van der Waals surface area contributed by atoms with Crippen LogP contribution in [0, 0.1) is 40.9 Å². The maximum absolute atomic E-state index is 11.6. The zero-order chi connectivity index (χ0) is 19.6. The van der Waals surface area contributed by atoms with Crippen molar-refractivity contribution in [3.8, 4) is 12.3 Å². The van der Waals surface area contributed by atoms with Gasteiger partial charge in [0, 0.05) is 12.3 Å². The minimum Gasteiger partial charge on any atom is -0.458 e. The third-order valence-electron chi connectivity index (χ3n) is 8.81. The predicted molar refractivity (Wildman–Crippen MR) is 102 cm³/mol. The van der Waals surface area contributed by atoms with Gasteiger partial charge >= 0.3 is 5.97 Å². The van der Waals surface area contributed by atoms with Gasteiger partial charge < -0.3 is 14.9 Å². The van der Waals surface area contributed by atoms with Gasteiger partial charge in [-0.05, 0) is 68.1 Å². The van der Waals surface area contributed by atoms with Gasteiger partial charge in [0.2, 0.25) is 0 Å². The monoisotopic (exact) mass is 372 g/mol. The van der Waals surface area contributed by atoms with Crippen molar-refractivity contribution in [3.63, 3.8) is 0 Å². The number of aliphatic hydroxyl groups is 2. The Hall–Kier alpha value is -1.31. The van der Waals surface area contributed by atoms with Crippen LogP contribution in [0.4, 0.5) is 0 Å². The first kappa shape index (κ1) is 19.0. The molecule has 3 fully saturated rings. The largest absolute Gasteiger partial charge is 0.458 e. The summed E-state index contributed by atoms with van der Waals surface area (Å²) in [6.07, 6.45) is 13.4. The molecule has 0 spiro atoms. The van der Waals surface area contributed by atoms with Crippen molar-refractivity contribution in [2.75, 3.05) is 0 Å². The minimum absolute atomic E-state index is 0.136. The van der Waals surface area contributed by atoms with Crippen LogP contribution in [0.25, 0.3) is 0 Å². The molecule has 4 aliphatic rings. The van der Waals surface area contributed by atoms with E-state index in [1.165, 1.54) is 12.5 Å². The molecular weight excluding hydrogens is 340 g/mol. The molecule has 3 saturated carbocycles. The Bertz CT molecular complexity index is 720. The van der Waals surface area contributed by atoms with E-state index in [0.29, 0.717) is 18.3 Å². The van der Waals surface area contributed by atoms with Gasteiger partial charge in [0.15, 0.2) is 5.60 Å². The summed E-state index contributed by atoms with van der Waals surface area (Å²) in [7, 11) is 0. The zero-order valence-corrected chi connectivity index (χ0v) is 16.7. The third kappa shape index (κ3) is 2.47. The number of fused-ring (bicyclic) bond motifs is 5. The summed E-state index contributed by atoms with van der Waals surface area (Å²) in [6, 6.07) is 0. The van der Waals surface area contributed by atoms with Gasteiger partial charge in [-0.3, -0.25) is 4.79 Å². The Morgan fingerprint density at radius 2 is 2.00 bits per heavy atom. The van der Waals surface area contributed by atoms with Crippen LogP contribution in [-0.2, 0) is 9.53 Å². The molecule has 0 aliphatic heterocycles. The van der Waals surface area contributed by atoms with Crippen LogP contribution >= 0.6 is 0 Å². The quantitative estimate of drug-likeness (QED) is 0.421. The molecule has 148 valence electrons. The summed E-state index contributed by atoms with van der Waals surface area (Å²) < 4.78 is 5.52. The number of carbonyl (C=O) groups excluding carboxylic acids is 1. The number of allylic oxidation sites excluding steroid dienone is 1. The normalized spacial score (nSPS) is 51.3. The van der Waals surface area contributed by atoms with Crippen LogP contribution < -0.4 is 0 Å². The summed E-state index contributed by atoms with van der Waals surface area (Å²) in [5, 5.41) is 21.5. The number of aliphatic hydroxyl groups excluding tert-OH is 1. The van der Waals surface area contributed by atoms with Gasteiger partial charge in [-0.2, -0.15) is 0 Å². The van der Waals surface area contributed by atoms with Gasteiger partial charge in [0.05, 0.1) is 6.10 Å². The van der Waals surface area contributed by atoms with Crippen molar-refractivity contribution < 1.29 is 19.7 Å². The molecular formula is C23H32O4. The molecule has 4 rings (SSSR count). The molecule has 3 unspecified atom stereocenters. The summed E-state index contributed by atoms with van der Waals surface area (Å²) in [5.74, 6) is 3.53. The van der Waals surface area contributed by atoms with E-state index in [0.717, 1.165) is 38.5 Å². The van der Waals surface area contributed by atoms with Gasteiger partial charge in [-0.25, -0.2) is 0 Å². The SMILES string of the molecule is C#CC1(O)C(OC(C)=O)C[C@H]2[C@@H]3CCC4=CC(O)CC[C@]4(C)[C@@H]3CC[C@@]21C. The molecule has 0 aromatic rings. The second-order valence-electron chi connectivity index (χ2n) is 9.83. The van der Waals surface area contributed by atoms with Crippen LogP contribution in [0.3, 0.4) is 0 Å². The molecule has 0 aromatic carbocycles. The van der Waals surface area contributed by atoms with Crippen LogP contribution in [0.2, 0.25) is 0 Å². The summed E-state index contributed by atoms with van der Waals surface area (Å²) in [4.78, 5) is 11.6. The first-order valence-electron chi connectivity index (χ1n) is 10.4. The molecule has 0 heterocycles. The number of terminal acetylenes is 1. The highest BCUT2D eigenvalue weighted by Gasteiger charge is 2.68. The molecule has 0 bridgehead atoms.